The van der Waals surface area contributed by atoms with Crippen molar-refractivity contribution in [2.75, 3.05) is 13.7 Å². The largest absolute Gasteiger partial charge is 1.00 e. The summed E-state index contributed by atoms with van der Waals surface area (Å²) >= 11 is 0. The van der Waals surface area contributed by atoms with Crippen LogP contribution in [-0.4, -0.2) is 29.1 Å². The van der Waals surface area contributed by atoms with Crippen molar-refractivity contribution in [2.45, 2.75) is 6.61 Å². The van der Waals surface area contributed by atoms with E-state index in [4.69, 9.17) is 9.47 Å². The minimum Gasteiger partial charge on any atom is -0.548 e. The van der Waals surface area contributed by atoms with Gasteiger partial charge in [0, 0.05) is 11.8 Å². The third kappa shape index (κ3) is 4.87. The molecule has 0 saturated heterocycles. The van der Waals surface area contributed by atoms with Gasteiger partial charge in [0.25, 0.3) is 0 Å². The Morgan fingerprint density at radius 3 is 2.65 bits per heavy atom. The van der Waals surface area contributed by atoms with Gasteiger partial charge in [0.05, 0.1) is 26.3 Å². The van der Waals surface area contributed by atoms with E-state index in [1.807, 2.05) is 53.1 Å². The van der Waals surface area contributed by atoms with E-state index in [9.17, 15) is 9.90 Å². The van der Waals surface area contributed by atoms with Gasteiger partial charge in [0.1, 0.15) is 22.8 Å². The van der Waals surface area contributed by atoms with Crippen LogP contribution in [0.2, 0.25) is 0 Å². The minimum absolute atomic E-state index is 0. The summed E-state index contributed by atoms with van der Waals surface area (Å²) < 4.78 is 12.1. The fourth-order valence-corrected chi connectivity index (χ4v) is 2.31. The Morgan fingerprint density at radius 2 is 1.96 bits per heavy atom. The normalized spacial score (nSPS) is 9.88. The topological polar surface area (TPSA) is 75.9 Å². The Kier molecular flexibility index (Phi) is 7.25. The summed E-state index contributed by atoms with van der Waals surface area (Å²) in [6, 6.07) is 13.0. The SMILES string of the molecule is COc1ccc(C#Cc2c(COCC(=O)[O-])nc3ccccn23)cc1.[Na+]. The van der Waals surface area contributed by atoms with Crippen molar-refractivity contribution in [1.82, 2.24) is 9.38 Å². The van der Waals surface area contributed by atoms with Gasteiger partial charge in [-0.05, 0) is 42.3 Å². The predicted octanol–water partition coefficient (Wildman–Crippen LogP) is -1.99. The van der Waals surface area contributed by atoms with Crippen molar-refractivity contribution < 1.29 is 48.9 Å². The third-order valence-corrected chi connectivity index (χ3v) is 3.48. The maximum atomic E-state index is 10.5. The maximum absolute atomic E-state index is 10.5. The summed E-state index contributed by atoms with van der Waals surface area (Å²) in [5.74, 6) is 5.67. The number of hydrogen-bond acceptors (Lipinski definition) is 5. The van der Waals surface area contributed by atoms with Gasteiger partial charge in [-0.1, -0.05) is 12.0 Å². The van der Waals surface area contributed by atoms with Gasteiger partial charge in [-0.25, -0.2) is 4.98 Å². The average Bonchev–Trinajstić information content (AvgIpc) is 2.97. The molecule has 3 aromatic rings. The zero-order valence-electron chi connectivity index (χ0n) is 14.6. The number of ether oxygens (including phenoxy) is 2. The molecule has 0 aliphatic heterocycles. The van der Waals surface area contributed by atoms with Crippen LogP contribution in [0.5, 0.6) is 5.75 Å². The van der Waals surface area contributed by atoms with Crippen molar-refractivity contribution in [3.05, 3.63) is 65.6 Å². The summed E-state index contributed by atoms with van der Waals surface area (Å²) in [4.78, 5) is 15.0. The number of hydrogen-bond donors (Lipinski definition) is 0. The molecule has 0 aliphatic carbocycles. The molecule has 0 spiro atoms. The van der Waals surface area contributed by atoms with E-state index in [2.05, 4.69) is 16.8 Å². The second-order valence-corrected chi connectivity index (χ2v) is 5.18. The third-order valence-electron chi connectivity index (χ3n) is 3.48. The number of nitrogens with zero attached hydrogens (tertiary/aromatic N) is 2. The van der Waals surface area contributed by atoms with Crippen LogP contribution in [0.25, 0.3) is 5.65 Å². The first-order chi connectivity index (χ1) is 12.2. The van der Waals surface area contributed by atoms with Crippen LogP contribution < -0.4 is 39.4 Å². The molecule has 0 radical (unpaired) electrons. The predicted molar refractivity (Wildman–Crippen MR) is 88.8 cm³/mol. The Labute approximate surface area is 173 Å². The molecule has 0 unspecified atom stereocenters. The fourth-order valence-electron chi connectivity index (χ4n) is 2.31. The number of carboxylic acid groups (broad SMARTS) is 1. The van der Waals surface area contributed by atoms with Gasteiger partial charge in [-0.3, -0.25) is 4.40 Å². The van der Waals surface area contributed by atoms with E-state index < -0.39 is 12.6 Å². The van der Waals surface area contributed by atoms with E-state index in [1.54, 1.807) is 7.11 Å². The van der Waals surface area contributed by atoms with Crippen LogP contribution in [-0.2, 0) is 16.1 Å². The minimum atomic E-state index is -1.27. The number of benzene rings is 1. The number of carbonyl (C=O) groups is 1. The summed E-state index contributed by atoms with van der Waals surface area (Å²) in [7, 11) is 1.61. The van der Waals surface area contributed by atoms with Gasteiger partial charge < -0.3 is 19.4 Å². The van der Waals surface area contributed by atoms with Crippen LogP contribution >= 0.6 is 0 Å². The van der Waals surface area contributed by atoms with Crippen molar-refractivity contribution in [3.63, 3.8) is 0 Å². The Hall–Kier alpha value is -2.30. The van der Waals surface area contributed by atoms with Crippen LogP contribution in [0.15, 0.2) is 48.7 Å². The molecular weight excluding hydrogens is 343 g/mol. The smallest absolute Gasteiger partial charge is 0.548 e. The molecule has 26 heavy (non-hydrogen) atoms. The van der Waals surface area contributed by atoms with Crippen LogP contribution in [0.1, 0.15) is 17.0 Å². The molecule has 0 bridgehead atoms. The first-order valence-corrected chi connectivity index (χ1v) is 7.57. The molecule has 6 nitrogen and oxygen atoms in total. The average molecular weight is 358 g/mol. The molecule has 0 N–H and O–H groups in total. The number of rotatable bonds is 5. The fraction of sp³-hybridized carbons (Fsp3) is 0.158. The van der Waals surface area contributed by atoms with Gasteiger partial charge in [0.2, 0.25) is 0 Å². The van der Waals surface area contributed by atoms with E-state index in [0.717, 1.165) is 11.3 Å². The number of imidazole rings is 1. The van der Waals surface area contributed by atoms with Gasteiger partial charge in [0.15, 0.2) is 0 Å². The first kappa shape index (κ1) is 20.0. The monoisotopic (exact) mass is 358 g/mol. The number of carboxylic acids is 1. The molecule has 3 rings (SSSR count). The van der Waals surface area contributed by atoms with Crippen LogP contribution in [0.3, 0.4) is 0 Å². The summed E-state index contributed by atoms with van der Waals surface area (Å²) in [6.07, 6.45) is 1.85. The van der Waals surface area contributed by atoms with E-state index in [0.29, 0.717) is 17.0 Å². The van der Waals surface area contributed by atoms with Gasteiger partial charge in [-0.15, -0.1) is 0 Å². The van der Waals surface area contributed by atoms with E-state index in [1.165, 1.54) is 0 Å². The van der Waals surface area contributed by atoms with Crippen LogP contribution in [0.4, 0.5) is 0 Å². The first-order valence-electron chi connectivity index (χ1n) is 7.57. The number of fused-ring (bicyclic) bond motifs is 1. The standard InChI is InChI=1S/C19H16N2O4.Na/c1-24-15-8-5-14(6-9-15)7-10-17-16(12-25-13-19(22)23)20-18-4-2-3-11-21(17)18;/h2-6,8-9,11H,12-13H2,1H3,(H,22,23);/q;+1/p-1. The quantitative estimate of drug-likeness (QED) is 0.390. The second kappa shape index (κ2) is 9.41. The Bertz CT molecular complexity index is 955. The molecule has 7 heteroatoms. The molecule has 2 heterocycles. The van der Waals surface area contributed by atoms with Crippen molar-refractivity contribution in [1.29, 1.82) is 0 Å². The van der Waals surface area contributed by atoms with Gasteiger partial charge in [-0.2, -0.15) is 0 Å². The summed E-state index contributed by atoms with van der Waals surface area (Å²) in [5.41, 5.74) is 2.78. The molecule has 0 aliphatic rings. The van der Waals surface area contributed by atoms with Crippen LogP contribution in [0, 0.1) is 11.8 Å². The number of aliphatic carboxylic acids is 1. The molecular formula is C19H15N2NaO4. The number of carbonyl (C=O) groups excluding carboxylic acids is 1. The van der Waals surface area contributed by atoms with Crippen molar-refractivity contribution in [3.8, 4) is 17.6 Å². The maximum Gasteiger partial charge on any atom is 1.00 e. The summed E-state index contributed by atoms with van der Waals surface area (Å²) in [6.45, 7) is -0.443. The zero-order valence-corrected chi connectivity index (χ0v) is 16.6. The molecule has 0 amide bonds. The number of methoxy groups -OCH3 is 1. The molecule has 126 valence electrons. The molecule has 0 fully saturated rings. The number of aromatic nitrogens is 2. The van der Waals surface area contributed by atoms with Crippen molar-refractivity contribution in [2.24, 2.45) is 0 Å². The Morgan fingerprint density at radius 1 is 1.19 bits per heavy atom. The van der Waals surface area contributed by atoms with Crippen molar-refractivity contribution >= 4 is 11.6 Å². The second-order valence-electron chi connectivity index (χ2n) is 5.18. The Balaban J connectivity index is 0.00000243. The van der Waals surface area contributed by atoms with Gasteiger partial charge >= 0.3 is 29.6 Å². The molecule has 0 saturated carbocycles. The summed E-state index contributed by atoms with van der Waals surface area (Å²) in [5, 5.41) is 10.5. The molecule has 2 aromatic heterocycles. The molecule has 0 atom stereocenters. The van der Waals surface area contributed by atoms with E-state index >= 15 is 0 Å². The zero-order chi connectivity index (χ0) is 17.6. The molecule has 1 aromatic carbocycles. The number of pyridine rings is 1. The van der Waals surface area contributed by atoms with E-state index in [-0.39, 0.29) is 36.2 Å².